The molecule has 1 N–H and O–H groups in total. The van der Waals surface area contributed by atoms with E-state index in [0.717, 1.165) is 5.56 Å². The lowest BCUT2D eigenvalue weighted by Crippen LogP contribution is -2.17. The van der Waals surface area contributed by atoms with Crippen molar-refractivity contribution in [2.24, 2.45) is 5.92 Å². The highest BCUT2D eigenvalue weighted by Gasteiger charge is 2.18. The SMILES string of the molecule is COc1cc(C(=O)Nc2ccnn2Cc2cccc(OC)c2OC)cc(Cl)c1OCC(C)C. The van der Waals surface area contributed by atoms with E-state index in [1.807, 2.05) is 32.0 Å². The Morgan fingerprint density at radius 3 is 2.48 bits per heavy atom. The topological polar surface area (TPSA) is 83.8 Å². The van der Waals surface area contributed by atoms with Crippen LogP contribution >= 0.6 is 11.6 Å². The number of rotatable bonds is 10. The van der Waals surface area contributed by atoms with Crippen molar-refractivity contribution in [3.63, 3.8) is 0 Å². The van der Waals surface area contributed by atoms with Crippen LogP contribution in [-0.4, -0.2) is 43.6 Å². The van der Waals surface area contributed by atoms with E-state index in [1.165, 1.54) is 7.11 Å². The standard InChI is InChI=1S/C24H28ClN3O5/c1-15(2)14-33-23-18(25)11-17(12-20(23)31-4)24(29)27-21-9-10-26-28(21)13-16-7-6-8-19(30-3)22(16)32-5/h6-12,15H,13-14H2,1-5H3,(H,27,29). The minimum Gasteiger partial charge on any atom is -0.493 e. The first-order chi connectivity index (χ1) is 15.9. The normalized spacial score (nSPS) is 10.8. The van der Waals surface area contributed by atoms with Crippen LogP contribution in [0, 0.1) is 5.92 Å². The number of carbonyl (C=O) groups excluding carboxylic acids is 1. The van der Waals surface area contributed by atoms with Gasteiger partial charge in [0.15, 0.2) is 23.0 Å². The zero-order chi connectivity index (χ0) is 24.0. The number of para-hydroxylation sites is 1. The first-order valence-corrected chi connectivity index (χ1v) is 10.8. The number of halogens is 1. The zero-order valence-corrected chi connectivity index (χ0v) is 20.1. The maximum atomic E-state index is 13.0. The van der Waals surface area contributed by atoms with Crippen molar-refractivity contribution >= 4 is 23.3 Å². The fraction of sp³-hybridized carbons (Fsp3) is 0.333. The van der Waals surface area contributed by atoms with Crippen molar-refractivity contribution in [1.29, 1.82) is 0 Å². The lowest BCUT2D eigenvalue weighted by molar-refractivity contribution is 0.102. The summed E-state index contributed by atoms with van der Waals surface area (Å²) in [5, 5.41) is 7.51. The molecule has 1 heterocycles. The molecule has 2 aromatic carbocycles. The second kappa shape index (κ2) is 11.0. The molecule has 0 bridgehead atoms. The molecule has 33 heavy (non-hydrogen) atoms. The molecule has 0 atom stereocenters. The fourth-order valence-corrected chi connectivity index (χ4v) is 3.50. The zero-order valence-electron chi connectivity index (χ0n) is 19.3. The Morgan fingerprint density at radius 2 is 1.82 bits per heavy atom. The number of anilines is 1. The number of methoxy groups -OCH3 is 3. The largest absolute Gasteiger partial charge is 0.493 e. The summed E-state index contributed by atoms with van der Waals surface area (Å²) in [5.74, 6) is 2.51. The monoisotopic (exact) mass is 473 g/mol. The Balaban J connectivity index is 1.82. The van der Waals surface area contributed by atoms with Gasteiger partial charge in [0, 0.05) is 17.2 Å². The number of hydrogen-bond acceptors (Lipinski definition) is 6. The van der Waals surface area contributed by atoms with Crippen molar-refractivity contribution in [3.8, 4) is 23.0 Å². The molecular formula is C24H28ClN3O5. The highest BCUT2D eigenvalue weighted by Crippen LogP contribution is 2.37. The maximum Gasteiger partial charge on any atom is 0.257 e. The number of carbonyl (C=O) groups is 1. The van der Waals surface area contributed by atoms with Gasteiger partial charge in [-0.3, -0.25) is 4.79 Å². The van der Waals surface area contributed by atoms with Gasteiger partial charge in [0.1, 0.15) is 5.82 Å². The van der Waals surface area contributed by atoms with Crippen molar-refractivity contribution in [1.82, 2.24) is 9.78 Å². The summed E-state index contributed by atoms with van der Waals surface area (Å²) < 4.78 is 23.7. The number of amides is 1. The number of ether oxygens (including phenoxy) is 4. The van der Waals surface area contributed by atoms with Crippen LogP contribution in [0.1, 0.15) is 29.8 Å². The highest BCUT2D eigenvalue weighted by molar-refractivity contribution is 6.32. The summed E-state index contributed by atoms with van der Waals surface area (Å²) in [6.45, 7) is 4.92. The van der Waals surface area contributed by atoms with Crippen molar-refractivity contribution < 1.29 is 23.7 Å². The summed E-state index contributed by atoms with van der Waals surface area (Å²) in [6.07, 6.45) is 1.61. The number of nitrogens with zero attached hydrogens (tertiary/aromatic N) is 2. The van der Waals surface area contributed by atoms with Crippen LogP contribution in [0.3, 0.4) is 0 Å². The molecule has 0 saturated heterocycles. The number of nitrogens with one attached hydrogen (secondary N) is 1. The van der Waals surface area contributed by atoms with E-state index in [9.17, 15) is 4.79 Å². The maximum absolute atomic E-state index is 13.0. The molecule has 0 aliphatic carbocycles. The summed E-state index contributed by atoms with van der Waals surface area (Å²) >= 11 is 6.39. The minimum absolute atomic E-state index is 0.301. The molecule has 0 unspecified atom stereocenters. The number of aromatic nitrogens is 2. The summed E-state index contributed by atoms with van der Waals surface area (Å²) in [5.41, 5.74) is 1.19. The molecule has 0 fully saturated rings. The van der Waals surface area contributed by atoms with E-state index < -0.39 is 0 Å². The van der Waals surface area contributed by atoms with Gasteiger partial charge in [-0.1, -0.05) is 37.6 Å². The molecule has 0 aliphatic rings. The second-order valence-corrected chi connectivity index (χ2v) is 8.08. The first-order valence-electron chi connectivity index (χ1n) is 10.4. The van der Waals surface area contributed by atoms with Crippen molar-refractivity contribution in [2.45, 2.75) is 20.4 Å². The molecule has 176 valence electrons. The van der Waals surface area contributed by atoms with Gasteiger partial charge in [-0.05, 0) is 24.1 Å². The Hall–Kier alpha value is -3.39. The van der Waals surface area contributed by atoms with Gasteiger partial charge >= 0.3 is 0 Å². The van der Waals surface area contributed by atoms with Gasteiger partial charge < -0.3 is 24.3 Å². The van der Waals surface area contributed by atoms with Gasteiger partial charge in [-0.2, -0.15) is 5.10 Å². The summed E-state index contributed by atoms with van der Waals surface area (Å²) in [7, 11) is 4.67. The van der Waals surface area contributed by atoms with Crippen LogP contribution in [0.4, 0.5) is 5.82 Å². The average Bonchev–Trinajstić information content (AvgIpc) is 3.23. The Labute approximate surface area is 198 Å². The third kappa shape index (κ3) is 5.70. The van der Waals surface area contributed by atoms with Crippen molar-refractivity contribution in [3.05, 3.63) is 58.7 Å². The second-order valence-electron chi connectivity index (χ2n) is 7.68. The minimum atomic E-state index is -0.357. The molecule has 0 radical (unpaired) electrons. The molecule has 0 spiro atoms. The molecule has 0 aliphatic heterocycles. The first kappa shape index (κ1) is 24.3. The molecule has 8 nitrogen and oxygen atoms in total. The Morgan fingerprint density at radius 1 is 1.06 bits per heavy atom. The Kier molecular flexibility index (Phi) is 8.06. The predicted octanol–water partition coefficient (Wildman–Crippen LogP) is 4.90. The Bertz CT molecular complexity index is 1110. The van der Waals surface area contributed by atoms with Crippen LogP contribution in [0.15, 0.2) is 42.6 Å². The van der Waals surface area contributed by atoms with Crippen LogP contribution in [0.5, 0.6) is 23.0 Å². The smallest absolute Gasteiger partial charge is 0.257 e. The van der Waals surface area contributed by atoms with Crippen LogP contribution in [-0.2, 0) is 6.54 Å². The lowest BCUT2D eigenvalue weighted by Gasteiger charge is -2.16. The molecule has 1 aromatic heterocycles. The van der Waals surface area contributed by atoms with Crippen molar-refractivity contribution in [2.75, 3.05) is 33.3 Å². The van der Waals surface area contributed by atoms with Gasteiger partial charge in [-0.25, -0.2) is 4.68 Å². The molecule has 3 aromatic rings. The van der Waals surface area contributed by atoms with Gasteiger partial charge in [0.05, 0.1) is 45.7 Å². The number of hydrogen-bond donors (Lipinski definition) is 1. The van der Waals surface area contributed by atoms with Crippen LogP contribution in [0.2, 0.25) is 5.02 Å². The molecule has 1 amide bonds. The average molecular weight is 474 g/mol. The third-order valence-corrected chi connectivity index (χ3v) is 5.10. The molecule has 3 rings (SSSR count). The van der Waals surface area contributed by atoms with E-state index in [0.29, 0.717) is 58.5 Å². The van der Waals surface area contributed by atoms with E-state index in [4.69, 9.17) is 30.5 Å². The lowest BCUT2D eigenvalue weighted by atomic mass is 10.1. The van der Waals surface area contributed by atoms with E-state index in [2.05, 4.69) is 10.4 Å². The highest BCUT2D eigenvalue weighted by atomic mass is 35.5. The fourth-order valence-electron chi connectivity index (χ4n) is 3.23. The predicted molar refractivity (Wildman–Crippen MR) is 127 cm³/mol. The summed E-state index contributed by atoms with van der Waals surface area (Å²) in [4.78, 5) is 13.0. The van der Waals surface area contributed by atoms with E-state index >= 15 is 0 Å². The van der Waals surface area contributed by atoms with E-state index in [1.54, 1.807) is 43.3 Å². The van der Waals surface area contributed by atoms with Crippen LogP contribution < -0.4 is 24.3 Å². The quantitative estimate of drug-likeness (QED) is 0.451. The summed E-state index contributed by atoms with van der Waals surface area (Å²) in [6, 6.07) is 10.5. The van der Waals surface area contributed by atoms with Gasteiger partial charge in [0.25, 0.3) is 5.91 Å². The van der Waals surface area contributed by atoms with Gasteiger partial charge in [0.2, 0.25) is 0 Å². The molecular weight excluding hydrogens is 446 g/mol. The molecule has 0 saturated carbocycles. The molecule has 9 heteroatoms. The van der Waals surface area contributed by atoms with Gasteiger partial charge in [-0.15, -0.1) is 0 Å². The van der Waals surface area contributed by atoms with E-state index in [-0.39, 0.29) is 5.91 Å². The van der Waals surface area contributed by atoms with Crippen LogP contribution in [0.25, 0.3) is 0 Å². The third-order valence-electron chi connectivity index (χ3n) is 4.82. The number of benzene rings is 2.